The van der Waals surface area contributed by atoms with Gasteiger partial charge in [0.2, 0.25) is 5.76 Å². The summed E-state index contributed by atoms with van der Waals surface area (Å²) in [6.45, 7) is -0.142. The molecule has 27 heavy (non-hydrogen) atoms. The van der Waals surface area contributed by atoms with Crippen LogP contribution in [0.25, 0.3) is 11.5 Å². The number of nitrogens with zero attached hydrogens (tertiary/aromatic N) is 1. The summed E-state index contributed by atoms with van der Waals surface area (Å²) in [4.78, 5) is 11.9. The third-order valence-corrected chi connectivity index (χ3v) is 6.94. The SMILES string of the molecule is O=C(COc1ccc(C2SCCS2)cc1)OCc1cc(-c2ccco2)on1. The maximum Gasteiger partial charge on any atom is 0.344 e. The van der Waals surface area contributed by atoms with E-state index in [2.05, 4.69) is 5.16 Å². The van der Waals surface area contributed by atoms with Gasteiger partial charge in [0, 0.05) is 17.6 Å². The van der Waals surface area contributed by atoms with E-state index in [1.54, 1.807) is 24.5 Å². The Labute approximate surface area is 164 Å². The van der Waals surface area contributed by atoms with Crippen LogP contribution in [-0.2, 0) is 16.1 Å². The minimum atomic E-state index is -0.469. The van der Waals surface area contributed by atoms with Gasteiger partial charge < -0.3 is 18.4 Å². The third-order valence-electron chi connectivity index (χ3n) is 3.83. The standard InChI is InChI=1S/C19H17NO5S2/c21-18(24-11-14-10-17(25-20-14)16-2-1-7-22-16)12-23-15-5-3-13(4-6-15)19-26-8-9-27-19/h1-7,10,19H,8-9,11-12H2. The van der Waals surface area contributed by atoms with Crippen LogP contribution >= 0.6 is 23.5 Å². The summed E-state index contributed by atoms with van der Waals surface area (Å²) < 4.78 is 21.5. The van der Waals surface area contributed by atoms with Gasteiger partial charge in [0.25, 0.3) is 0 Å². The molecule has 1 aromatic carbocycles. The van der Waals surface area contributed by atoms with E-state index in [9.17, 15) is 4.79 Å². The van der Waals surface area contributed by atoms with Crippen LogP contribution in [0.5, 0.6) is 5.75 Å². The van der Waals surface area contributed by atoms with Crippen LogP contribution in [0.2, 0.25) is 0 Å². The van der Waals surface area contributed by atoms with Crippen molar-refractivity contribution in [3.8, 4) is 17.3 Å². The predicted molar refractivity (Wildman–Crippen MR) is 104 cm³/mol. The maximum atomic E-state index is 11.9. The zero-order valence-corrected chi connectivity index (χ0v) is 16.0. The highest BCUT2D eigenvalue weighted by Crippen LogP contribution is 2.45. The Hall–Kier alpha value is -2.32. The fourth-order valence-corrected chi connectivity index (χ4v) is 5.38. The topological polar surface area (TPSA) is 74.7 Å². The molecule has 3 aromatic rings. The lowest BCUT2D eigenvalue weighted by molar-refractivity contribution is -0.147. The Morgan fingerprint density at radius 2 is 1.96 bits per heavy atom. The molecule has 6 nitrogen and oxygen atoms in total. The van der Waals surface area contributed by atoms with Crippen molar-refractivity contribution in [1.29, 1.82) is 0 Å². The highest BCUT2D eigenvalue weighted by molar-refractivity contribution is 8.19. The molecule has 1 fully saturated rings. The van der Waals surface area contributed by atoms with Crippen molar-refractivity contribution in [2.24, 2.45) is 0 Å². The molecule has 8 heteroatoms. The molecule has 0 N–H and O–H groups in total. The number of carbonyl (C=O) groups is 1. The van der Waals surface area contributed by atoms with Crippen molar-refractivity contribution in [1.82, 2.24) is 5.16 Å². The number of carbonyl (C=O) groups excluding carboxylic acids is 1. The van der Waals surface area contributed by atoms with Crippen molar-refractivity contribution in [2.75, 3.05) is 18.1 Å². The molecule has 4 rings (SSSR count). The molecule has 1 aliphatic heterocycles. The van der Waals surface area contributed by atoms with Gasteiger partial charge in [0.05, 0.1) is 10.8 Å². The summed E-state index contributed by atoms with van der Waals surface area (Å²) in [7, 11) is 0. The van der Waals surface area contributed by atoms with Crippen LogP contribution in [0.15, 0.2) is 57.7 Å². The summed E-state index contributed by atoms with van der Waals surface area (Å²) in [6.07, 6.45) is 1.55. The Morgan fingerprint density at radius 3 is 2.70 bits per heavy atom. The van der Waals surface area contributed by atoms with Gasteiger partial charge in [-0.25, -0.2) is 4.79 Å². The molecule has 2 aromatic heterocycles. The summed E-state index contributed by atoms with van der Waals surface area (Å²) in [6, 6.07) is 13.0. The highest BCUT2D eigenvalue weighted by Gasteiger charge is 2.18. The lowest BCUT2D eigenvalue weighted by Gasteiger charge is -2.10. The van der Waals surface area contributed by atoms with Crippen LogP contribution in [0.1, 0.15) is 15.8 Å². The van der Waals surface area contributed by atoms with Gasteiger partial charge in [-0.05, 0) is 29.8 Å². The molecule has 1 aliphatic rings. The van der Waals surface area contributed by atoms with E-state index in [4.69, 9.17) is 18.4 Å². The average Bonchev–Trinajstić information content (AvgIpc) is 3.47. The molecule has 0 saturated carbocycles. The van der Waals surface area contributed by atoms with E-state index in [1.165, 1.54) is 17.1 Å². The molecule has 1 saturated heterocycles. The maximum absolute atomic E-state index is 11.9. The van der Waals surface area contributed by atoms with Crippen molar-refractivity contribution < 1.29 is 23.2 Å². The largest absolute Gasteiger partial charge is 0.482 e. The van der Waals surface area contributed by atoms with Gasteiger partial charge in [-0.2, -0.15) is 0 Å². The Kier molecular flexibility index (Phi) is 5.74. The zero-order chi connectivity index (χ0) is 18.5. The third kappa shape index (κ3) is 4.70. The number of ether oxygens (including phenoxy) is 2. The summed E-state index contributed by atoms with van der Waals surface area (Å²) in [5.41, 5.74) is 1.78. The predicted octanol–water partition coefficient (Wildman–Crippen LogP) is 4.54. The minimum Gasteiger partial charge on any atom is -0.482 e. The first-order chi connectivity index (χ1) is 13.3. The monoisotopic (exact) mass is 403 g/mol. The number of esters is 1. The molecule has 0 aliphatic carbocycles. The van der Waals surface area contributed by atoms with E-state index >= 15 is 0 Å². The minimum absolute atomic E-state index is 0.0153. The van der Waals surface area contributed by atoms with Gasteiger partial charge in [0.1, 0.15) is 18.1 Å². The first-order valence-corrected chi connectivity index (χ1v) is 10.5. The van der Waals surface area contributed by atoms with Gasteiger partial charge in [-0.15, -0.1) is 23.5 Å². The molecule has 0 spiro atoms. The van der Waals surface area contributed by atoms with Crippen LogP contribution in [-0.4, -0.2) is 29.2 Å². The fourth-order valence-electron chi connectivity index (χ4n) is 2.53. The number of furan rings is 1. The first-order valence-electron chi connectivity index (χ1n) is 8.39. The Bertz CT molecular complexity index is 870. The summed E-state index contributed by atoms with van der Waals surface area (Å²) in [5, 5.41) is 3.85. The van der Waals surface area contributed by atoms with E-state index in [1.807, 2.05) is 47.8 Å². The first kappa shape index (κ1) is 18.1. The molecular formula is C19H17NO5S2. The lowest BCUT2D eigenvalue weighted by Crippen LogP contribution is -2.14. The summed E-state index contributed by atoms with van der Waals surface area (Å²) >= 11 is 3.91. The number of thioether (sulfide) groups is 2. The molecule has 0 radical (unpaired) electrons. The van der Waals surface area contributed by atoms with Crippen LogP contribution in [0, 0.1) is 0 Å². The van der Waals surface area contributed by atoms with Crippen molar-refractivity contribution >= 4 is 29.5 Å². The number of hydrogen-bond acceptors (Lipinski definition) is 8. The van der Waals surface area contributed by atoms with E-state index < -0.39 is 5.97 Å². The quantitative estimate of drug-likeness (QED) is 0.533. The lowest BCUT2D eigenvalue weighted by atomic mass is 10.2. The second kappa shape index (κ2) is 8.58. The number of aromatic nitrogens is 1. The van der Waals surface area contributed by atoms with Crippen molar-refractivity contribution in [2.45, 2.75) is 11.2 Å². The molecule has 0 unspecified atom stereocenters. The van der Waals surface area contributed by atoms with Gasteiger partial charge in [-0.3, -0.25) is 0 Å². The van der Waals surface area contributed by atoms with Crippen LogP contribution in [0.3, 0.4) is 0 Å². The van der Waals surface area contributed by atoms with Crippen LogP contribution in [0.4, 0.5) is 0 Å². The van der Waals surface area contributed by atoms with Gasteiger partial charge in [0.15, 0.2) is 12.4 Å². The molecule has 3 heterocycles. The molecule has 0 amide bonds. The van der Waals surface area contributed by atoms with E-state index in [-0.39, 0.29) is 13.2 Å². The zero-order valence-electron chi connectivity index (χ0n) is 14.3. The van der Waals surface area contributed by atoms with Crippen molar-refractivity contribution in [3.05, 3.63) is 60.0 Å². The van der Waals surface area contributed by atoms with Crippen LogP contribution < -0.4 is 4.74 Å². The molecule has 0 bridgehead atoms. The second-order valence-corrected chi connectivity index (χ2v) is 8.48. The van der Waals surface area contributed by atoms with E-state index in [0.717, 1.165) is 0 Å². The fraction of sp³-hybridized carbons (Fsp3) is 0.263. The summed E-state index contributed by atoms with van der Waals surface area (Å²) in [5.74, 6) is 3.61. The normalized spacial score (nSPS) is 14.4. The van der Waals surface area contributed by atoms with Crippen molar-refractivity contribution in [3.63, 3.8) is 0 Å². The van der Waals surface area contributed by atoms with Gasteiger partial charge >= 0.3 is 5.97 Å². The highest BCUT2D eigenvalue weighted by atomic mass is 32.2. The smallest absolute Gasteiger partial charge is 0.344 e. The average molecular weight is 403 g/mol. The number of rotatable bonds is 7. The molecule has 140 valence electrons. The van der Waals surface area contributed by atoms with E-state index in [0.29, 0.717) is 27.5 Å². The Balaban J connectivity index is 1.23. The number of hydrogen-bond donors (Lipinski definition) is 0. The number of benzene rings is 1. The van der Waals surface area contributed by atoms with Gasteiger partial charge in [-0.1, -0.05) is 17.3 Å². The second-order valence-electron chi connectivity index (χ2n) is 5.75. The molecular weight excluding hydrogens is 386 g/mol. The Morgan fingerprint density at radius 1 is 1.15 bits per heavy atom. The molecule has 0 atom stereocenters.